The van der Waals surface area contributed by atoms with Crippen molar-refractivity contribution < 1.29 is 9.18 Å². The molecule has 1 aliphatic rings. The summed E-state index contributed by atoms with van der Waals surface area (Å²) in [5.74, 6) is -0.501. The molecule has 0 bridgehead atoms. The molecule has 1 saturated carbocycles. The molecule has 134 valence electrons. The van der Waals surface area contributed by atoms with Crippen molar-refractivity contribution >= 4 is 16.9 Å². The van der Waals surface area contributed by atoms with E-state index >= 15 is 0 Å². The van der Waals surface area contributed by atoms with E-state index in [9.17, 15) is 9.18 Å². The van der Waals surface area contributed by atoms with Gasteiger partial charge in [0.1, 0.15) is 17.2 Å². The highest BCUT2D eigenvalue weighted by atomic mass is 19.1. The Hall–Kier alpha value is -2.73. The predicted molar refractivity (Wildman–Crippen MR) is 99.1 cm³/mol. The minimum atomic E-state index is -0.553. The Morgan fingerprint density at radius 3 is 2.81 bits per heavy atom. The molecular weight excluding hydrogens is 331 g/mol. The van der Waals surface area contributed by atoms with E-state index in [2.05, 4.69) is 15.3 Å². The standard InChI is InChI=1S/C20H21FN4O/c21-16-10-12(11-23-13-4-1-2-5-13)8-9-14(16)20-24-17-7-3-6-15(19(22)26)18(17)25-20/h3,6-10,13,23H,1-2,4-5,11H2,(H2,22,26)(H,24,25). The monoisotopic (exact) mass is 352 g/mol. The third-order valence-electron chi connectivity index (χ3n) is 5.02. The largest absolute Gasteiger partial charge is 0.366 e. The number of imidazole rings is 1. The van der Waals surface area contributed by atoms with Crippen molar-refractivity contribution in [3.05, 3.63) is 53.3 Å². The molecule has 0 spiro atoms. The van der Waals surface area contributed by atoms with Crippen molar-refractivity contribution in [2.75, 3.05) is 0 Å². The molecule has 5 nitrogen and oxygen atoms in total. The van der Waals surface area contributed by atoms with Crippen LogP contribution in [-0.2, 0) is 6.54 Å². The molecule has 0 saturated heterocycles. The molecule has 0 unspecified atom stereocenters. The Morgan fingerprint density at radius 1 is 1.27 bits per heavy atom. The molecule has 26 heavy (non-hydrogen) atoms. The van der Waals surface area contributed by atoms with Crippen molar-refractivity contribution in [3.8, 4) is 11.4 Å². The van der Waals surface area contributed by atoms with E-state index in [1.165, 1.54) is 25.7 Å². The van der Waals surface area contributed by atoms with E-state index in [4.69, 9.17) is 5.73 Å². The SMILES string of the molecule is NC(=O)c1cccc2[nH]c(-c3ccc(CNC4CCCC4)cc3F)nc12. The Kier molecular flexibility index (Phi) is 4.42. The zero-order chi connectivity index (χ0) is 18.1. The number of H-pyrrole nitrogens is 1. The van der Waals surface area contributed by atoms with Crippen LogP contribution in [0.15, 0.2) is 36.4 Å². The zero-order valence-corrected chi connectivity index (χ0v) is 14.4. The summed E-state index contributed by atoms with van der Waals surface area (Å²) in [7, 11) is 0. The minimum Gasteiger partial charge on any atom is -0.366 e. The fraction of sp³-hybridized carbons (Fsp3) is 0.300. The van der Waals surface area contributed by atoms with E-state index in [0.717, 1.165) is 5.56 Å². The lowest BCUT2D eigenvalue weighted by Crippen LogP contribution is -2.25. The van der Waals surface area contributed by atoms with E-state index < -0.39 is 5.91 Å². The molecular formula is C20H21FN4O. The molecule has 0 aliphatic heterocycles. The molecule has 1 aliphatic carbocycles. The Morgan fingerprint density at radius 2 is 2.08 bits per heavy atom. The molecule has 2 aromatic carbocycles. The summed E-state index contributed by atoms with van der Waals surface area (Å²) >= 11 is 0. The molecule has 6 heteroatoms. The molecule has 1 fully saturated rings. The normalized spacial score (nSPS) is 15.0. The van der Waals surface area contributed by atoms with E-state index in [0.29, 0.717) is 40.6 Å². The van der Waals surface area contributed by atoms with Crippen LogP contribution in [0.25, 0.3) is 22.4 Å². The van der Waals surface area contributed by atoms with Gasteiger partial charge >= 0.3 is 0 Å². The van der Waals surface area contributed by atoms with Gasteiger partial charge in [-0.2, -0.15) is 0 Å². The number of nitrogens with one attached hydrogen (secondary N) is 2. The number of para-hydroxylation sites is 1. The number of amides is 1. The van der Waals surface area contributed by atoms with Gasteiger partial charge in [-0.3, -0.25) is 4.79 Å². The van der Waals surface area contributed by atoms with Crippen molar-refractivity contribution in [2.45, 2.75) is 38.3 Å². The van der Waals surface area contributed by atoms with Crippen LogP contribution >= 0.6 is 0 Å². The van der Waals surface area contributed by atoms with Crippen LogP contribution in [0.2, 0.25) is 0 Å². The number of hydrogen-bond acceptors (Lipinski definition) is 3. The van der Waals surface area contributed by atoms with Gasteiger partial charge in [0, 0.05) is 12.6 Å². The summed E-state index contributed by atoms with van der Waals surface area (Å²) < 4.78 is 14.6. The highest BCUT2D eigenvalue weighted by molar-refractivity contribution is 6.04. The van der Waals surface area contributed by atoms with Gasteiger partial charge in [-0.25, -0.2) is 9.37 Å². The van der Waals surface area contributed by atoms with Gasteiger partial charge < -0.3 is 16.0 Å². The molecule has 1 heterocycles. The fourth-order valence-electron chi connectivity index (χ4n) is 3.61. The quantitative estimate of drug-likeness (QED) is 0.657. The number of aromatic nitrogens is 2. The summed E-state index contributed by atoms with van der Waals surface area (Å²) in [4.78, 5) is 19.0. The maximum Gasteiger partial charge on any atom is 0.250 e. The van der Waals surface area contributed by atoms with Crippen molar-refractivity contribution in [1.82, 2.24) is 15.3 Å². The van der Waals surface area contributed by atoms with Crippen LogP contribution in [0.4, 0.5) is 4.39 Å². The third kappa shape index (κ3) is 3.20. The van der Waals surface area contributed by atoms with Gasteiger partial charge in [0.05, 0.1) is 16.6 Å². The van der Waals surface area contributed by atoms with Crippen LogP contribution in [0.5, 0.6) is 0 Å². The first-order valence-corrected chi connectivity index (χ1v) is 8.92. The predicted octanol–water partition coefficient (Wildman–Crippen LogP) is 3.50. The summed E-state index contributed by atoms with van der Waals surface area (Å²) in [6.07, 6.45) is 4.93. The van der Waals surface area contributed by atoms with Crippen molar-refractivity contribution in [1.29, 1.82) is 0 Å². The number of benzene rings is 2. The van der Waals surface area contributed by atoms with Crippen LogP contribution in [0.3, 0.4) is 0 Å². The lowest BCUT2D eigenvalue weighted by Gasteiger charge is -2.12. The van der Waals surface area contributed by atoms with Gasteiger partial charge in [0.2, 0.25) is 0 Å². The van der Waals surface area contributed by atoms with Crippen molar-refractivity contribution in [2.24, 2.45) is 5.73 Å². The maximum absolute atomic E-state index is 14.6. The molecule has 4 N–H and O–H groups in total. The third-order valence-corrected chi connectivity index (χ3v) is 5.02. The van der Waals surface area contributed by atoms with Gasteiger partial charge in [-0.1, -0.05) is 25.0 Å². The maximum atomic E-state index is 14.6. The second-order valence-corrected chi connectivity index (χ2v) is 6.83. The molecule has 3 aromatic rings. The van der Waals surface area contributed by atoms with Gasteiger partial charge in [0.15, 0.2) is 0 Å². The topological polar surface area (TPSA) is 83.8 Å². The number of nitrogens with zero attached hydrogens (tertiary/aromatic N) is 1. The molecule has 0 radical (unpaired) electrons. The number of fused-ring (bicyclic) bond motifs is 1. The minimum absolute atomic E-state index is 0.322. The molecule has 0 atom stereocenters. The highest BCUT2D eigenvalue weighted by Crippen LogP contribution is 2.26. The zero-order valence-electron chi connectivity index (χ0n) is 14.4. The summed E-state index contributed by atoms with van der Waals surface area (Å²) in [6.45, 7) is 0.661. The summed E-state index contributed by atoms with van der Waals surface area (Å²) in [5, 5.41) is 3.48. The Balaban J connectivity index is 1.60. The second kappa shape index (κ2) is 6.88. The average molecular weight is 352 g/mol. The molecule has 1 aromatic heterocycles. The van der Waals surface area contributed by atoms with Crippen LogP contribution in [0, 0.1) is 5.82 Å². The average Bonchev–Trinajstić information content (AvgIpc) is 3.28. The van der Waals surface area contributed by atoms with Gasteiger partial charge in [-0.15, -0.1) is 0 Å². The molecule has 4 rings (SSSR count). The summed E-state index contributed by atoms with van der Waals surface area (Å²) in [6, 6.07) is 10.8. The number of nitrogens with two attached hydrogens (primary N) is 1. The number of carbonyl (C=O) groups excluding carboxylic acids is 1. The highest BCUT2D eigenvalue weighted by Gasteiger charge is 2.16. The van der Waals surface area contributed by atoms with Crippen LogP contribution < -0.4 is 11.1 Å². The number of carbonyl (C=O) groups is 1. The van der Waals surface area contributed by atoms with Crippen LogP contribution in [-0.4, -0.2) is 21.9 Å². The first-order chi connectivity index (χ1) is 12.6. The van der Waals surface area contributed by atoms with Crippen molar-refractivity contribution in [3.63, 3.8) is 0 Å². The second-order valence-electron chi connectivity index (χ2n) is 6.83. The van der Waals surface area contributed by atoms with E-state index in [1.54, 1.807) is 30.3 Å². The Bertz CT molecular complexity index is 960. The smallest absolute Gasteiger partial charge is 0.250 e. The first kappa shape index (κ1) is 16.7. The lowest BCUT2D eigenvalue weighted by molar-refractivity contribution is 0.100. The fourth-order valence-corrected chi connectivity index (χ4v) is 3.61. The van der Waals surface area contributed by atoms with Crippen LogP contribution in [0.1, 0.15) is 41.6 Å². The number of rotatable bonds is 5. The van der Waals surface area contributed by atoms with Gasteiger partial charge in [-0.05, 0) is 42.7 Å². The van der Waals surface area contributed by atoms with E-state index in [-0.39, 0.29) is 5.82 Å². The first-order valence-electron chi connectivity index (χ1n) is 8.92. The Labute approximate surface area is 150 Å². The number of aromatic amines is 1. The molecule has 1 amide bonds. The lowest BCUT2D eigenvalue weighted by atomic mass is 10.1. The van der Waals surface area contributed by atoms with Gasteiger partial charge in [0.25, 0.3) is 5.91 Å². The van der Waals surface area contributed by atoms with E-state index in [1.807, 2.05) is 6.07 Å². The number of halogens is 1. The number of hydrogen-bond donors (Lipinski definition) is 3. The summed E-state index contributed by atoms with van der Waals surface area (Å²) in [5.41, 5.74) is 8.11. The number of primary amides is 1.